The molecule has 0 unspecified atom stereocenters. The zero-order valence-corrected chi connectivity index (χ0v) is 19.2. The molecule has 1 aliphatic heterocycles. The first-order valence-electron chi connectivity index (χ1n) is 10.6. The van der Waals surface area contributed by atoms with Gasteiger partial charge in [-0.15, -0.1) is 0 Å². The van der Waals surface area contributed by atoms with Crippen molar-refractivity contribution in [2.24, 2.45) is 0 Å². The summed E-state index contributed by atoms with van der Waals surface area (Å²) in [5.41, 5.74) is 3.37. The van der Waals surface area contributed by atoms with Gasteiger partial charge in [0.1, 0.15) is 5.75 Å². The number of carbonyl (C=O) groups is 1. The van der Waals surface area contributed by atoms with Crippen molar-refractivity contribution >= 4 is 27.5 Å². The van der Waals surface area contributed by atoms with Crippen LogP contribution in [0.5, 0.6) is 5.75 Å². The fourth-order valence-electron chi connectivity index (χ4n) is 4.31. The van der Waals surface area contributed by atoms with E-state index in [2.05, 4.69) is 0 Å². The van der Waals surface area contributed by atoms with E-state index in [0.29, 0.717) is 54.7 Å². The number of sulfonamides is 1. The second-order valence-corrected chi connectivity index (χ2v) is 10.4. The Morgan fingerprint density at radius 2 is 1.77 bits per heavy atom. The van der Waals surface area contributed by atoms with Crippen molar-refractivity contribution in [1.29, 1.82) is 0 Å². The molecule has 1 heterocycles. The third-order valence-electron chi connectivity index (χ3n) is 6.14. The van der Waals surface area contributed by atoms with Gasteiger partial charge in [0.15, 0.2) is 0 Å². The van der Waals surface area contributed by atoms with Crippen molar-refractivity contribution in [3.8, 4) is 5.75 Å². The molecule has 1 fully saturated rings. The zero-order valence-electron chi connectivity index (χ0n) is 17.6. The predicted octanol–water partition coefficient (Wildman–Crippen LogP) is 3.30. The predicted molar refractivity (Wildman–Crippen MR) is 120 cm³/mol. The molecule has 1 saturated heterocycles. The number of aryl methyl sites for hydroxylation is 3. The van der Waals surface area contributed by atoms with E-state index in [4.69, 9.17) is 16.3 Å². The SMILES string of the molecule is COc1ccc(CCC(=O)N2CCN(S(=O)(=O)c3ccc4c(c3)CCC4)CC2)cc1Cl. The van der Waals surface area contributed by atoms with Crippen LogP contribution in [0, 0.1) is 0 Å². The molecule has 2 aromatic carbocycles. The largest absolute Gasteiger partial charge is 0.495 e. The molecular formula is C23H27ClN2O4S. The topological polar surface area (TPSA) is 66.9 Å². The normalized spacial score (nSPS) is 16.9. The summed E-state index contributed by atoms with van der Waals surface area (Å²) in [6, 6.07) is 11.0. The molecule has 2 aliphatic rings. The number of carbonyl (C=O) groups excluding carboxylic acids is 1. The van der Waals surface area contributed by atoms with Gasteiger partial charge >= 0.3 is 0 Å². The molecule has 0 aromatic heterocycles. The van der Waals surface area contributed by atoms with Crippen molar-refractivity contribution in [3.63, 3.8) is 0 Å². The van der Waals surface area contributed by atoms with Crippen LogP contribution < -0.4 is 4.74 Å². The van der Waals surface area contributed by atoms with Crippen LogP contribution in [0.3, 0.4) is 0 Å². The van der Waals surface area contributed by atoms with E-state index in [1.807, 2.05) is 24.3 Å². The Balaban J connectivity index is 1.32. The number of benzene rings is 2. The Bertz CT molecular complexity index is 1080. The first-order chi connectivity index (χ1) is 14.9. The van der Waals surface area contributed by atoms with Crippen LogP contribution in [-0.4, -0.2) is 56.8 Å². The highest BCUT2D eigenvalue weighted by atomic mass is 35.5. The van der Waals surface area contributed by atoms with Gasteiger partial charge in [-0.3, -0.25) is 4.79 Å². The van der Waals surface area contributed by atoms with Crippen molar-refractivity contribution in [2.75, 3.05) is 33.3 Å². The standard InChI is InChI=1S/C23H27ClN2O4S/c1-30-22-9-5-17(15-21(22)24)6-10-23(27)25-11-13-26(14-12-25)31(28,29)20-8-7-18-3-2-4-19(18)16-20/h5,7-9,15-16H,2-4,6,10-14H2,1H3. The van der Waals surface area contributed by atoms with E-state index in [9.17, 15) is 13.2 Å². The van der Waals surface area contributed by atoms with Crippen LogP contribution >= 0.6 is 11.6 Å². The van der Waals surface area contributed by atoms with E-state index in [-0.39, 0.29) is 5.91 Å². The number of methoxy groups -OCH3 is 1. The summed E-state index contributed by atoms with van der Waals surface area (Å²) in [7, 11) is -1.97. The van der Waals surface area contributed by atoms with Crippen LogP contribution in [0.2, 0.25) is 5.02 Å². The summed E-state index contributed by atoms with van der Waals surface area (Å²) in [4.78, 5) is 14.7. The molecule has 0 spiro atoms. The molecule has 0 atom stereocenters. The van der Waals surface area contributed by atoms with E-state index in [0.717, 1.165) is 30.4 Å². The van der Waals surface area contributed by atoms with Crippen molar-refractivity contribution in [1.82, 2.24) is 9.21 Å². The monoisotopic (exact) mass is 462 g/mol. The number of ether oxygens (including phenoxy) is 1. The average Bonchev–Trinajstić information content (AvgIpc) is 3.25. The number of hydrogen-bond donors (Lipinski definition) is 0. The lowest BCUT2D eigenvalue weighted by molar-refractivity contribution is -0.132. The molecule has 8 heteroatoms. The van der Waals surface area contributed by atoms with Gasteiger partial charge in [0.25, 0.3) is 0 Å². The van der Waals surface area contributed by atoms with E-state index >= 15 is 0 Å². The first kappa shape index (κ1) is 22.1. The molecule has 1 amide bonds. The Kier molecular flexibility index (Phi) is 6.55. The van der Waals surface area contributed by atoms with Crippen LogP contribution in [0.15, 0.2) is 41.3 Å². The first-order valence-corrected chi connectivity index (χ1v) is 12.4. The smallest absolute Gasteiger partial charge is 0.243 e. The summed E-state index contributed by atoms with van der Waals surface area (Å²) >= 11 is 6.15. The Hall–Kier alpha value is -2.09. The average molecular weight is 463 g/mol. The Labute approximate surface area is 188 Å². The fraction of sp³-hybridized carbons (Fsp3) is 0.435. The van der Waals surface area contributed by atoms with Gasteiger partial charge < -0.3 is 9.64 Å². The molecule has 4 rings (SSSR count). The molecule has 0 saturated carbocycles. The molecule has 0 N–H and O–H groups in total. The summed E-state index contributed by atoms with van der Waals surface area (Å²) < 4.78 is 32.8. The molecule has 2 aromatic rings. The maximum Gasteiger partial charge on any atom is 0.243 e. The third kappa shape index (κ3) is 4.73. The highest BCUT2D eigenvalue weighted by molar-refractivity contribution is 7.89. The minimum absolute atomic E-state index is 0.0292. The second-order valence-electron chi connectivity index (χ2n) is 8.04. The minimum Gasteiger partial charge on any atom is -0.495 e. The number of rotatable bonds is 6. The molecule has 0 bridgehead atoms. The second kappa shape index (κ2) is 9.18. The van der Waals surface area contributed by atoms with Crippen LogP contribution in [0.1, 0.15) is 29.5 Å². The zero-order chi connectivity index (χ0) is 22.0. The minimum atomic E-state index is -3.53. The van der Waals surface area contributed by atoms with Gasteiger partial charge in [-0.1, -0.05) is 23.7 Å². The quantitative estimate of drug-likeness (QED) is 0.660. The highest BCUT2D eigenvalue weighted by Crippen LogP contribution is 2.27. The Morgan fingerprint density at radius 1 is 1.03 bits per heavy atom. The van der Waals surface area contributed by atoms with Crippen LogP contribution in [-0.2, 0) is 34.1 Å². The highest BCUT2D eigenvalue weighted by Gasteiger charge is 2.30. The van der Waals surface area contributed by atoms with E-state index < -0.39 is 10.0 Å². The molecule has 166 valence electrons. The van der Waals surface area contributed by atoms with Gasteiger partial charge in [0.05, 0.1) is 17.0 Å². The van der Waals surface area contributed by atoms with Crippen molar-refractivity contribution in [3.05, 3.63) is 58.1 Å². The molecule has 6 nitrogen and oxygen atoms in total. The van der Waals surface area contributed by atoms with Crippen LogP contribution in [0.4, 0.5) is 0 Å². The lowest BCUT2D eigenvalue weighted by Crippen LogP contribution is -2.50. The number of hydrogen-bond acceptors (Lipinski definition) is 4. The molecular weight excluding hydrogens is 436 g/mol. The van der Waals surface area contributed by atoms with Crippen LogP contribution in [0.25, 0.3) is 0 Å². The maximum absolute atomic E-state index is 13.1. The number of piperazine rings is 1. The lowest BCUT2D eigenvalue weighted by Gasteiger charge is -2.34. The molecule has 1 aliphatic carbocycles. The number of nitrogens with zero attached hydrogens (tertiary/aromatic N) is 2. The van der Waals surface area contributed by atoms with Gasteiger partial charge in [-0.05, 0) is 66.6 Å². The summed E-state index contributed by atoms with van der Waals surface area (Å²) in [5.74, 6) is 0.638. The maximum atomic E-state index is 13.1. The van der Waals surface area contributed by atoms with E-state index in [1.165, 1.54) is 9.87 Å². The molecule has 0 radical (unpaired) electrons. The third-order valence-corrected chi connectivity index (χ3v) is 8.33. The molecule has 31 heavy (non-hydrogen) atoms. The van der Waals surface area contributed by atoms with Crippen molar-refractivity contribution < 1.29 is 17.9 Å². The number of halogens is 1. The number of fused-ring (bicyclic) bond motifs is 1. The van der Waals surface area contributed by atoms with Gasteiger partial charge in [-0.2, -0.15) is 4.31 Å². The van der Waals surface area contributed by atoms with Gasteiger partial charge in [0, 0.05) is 32.6 Å². The fourth-order valence-corrected chi connectivity index (χ4v) is 6.06. The van der Waals surface area contributed by atoms with Gasteiger partial charge in [-0.25, -0.2) is 8.42 Å². The summed E-state index contributed by atoms with van der Waals surface area (Å²) in [5, 5.41) is 0.526. The van der Waals surface area contributed by atoms with E-state index in [1.54, 1.807) is 24.1 Å². The lowest BCUT2D eigenvalue weighted by atomic mass is 10.1. The summed E-state index contributed by atoms with van der Waals surface area (Å²) in [6.45, 7) is 1.46. The van der Waals surface area contributed by atoms with Gasteiger partial charge in [0.2, 0.25) is 15.9 Å². The summed E-state index contributed by atoms with van der Waals surface area (Å²) in [6.07, 6.45) is 4.00. The Morgan fingerprint density at radius 3 is 2.48 bits per heavy atom. The number of amides is 1. The van der Waals surface area contributed by atoms with Crippen molar-refractivity contribution in [2.45, 2.75) is 37.0 Å².